The molecule has 0 aromatic carbocycles. The number of alkyl halides is 3. The van der Waals surface area contributed by atoms with Crippen molar-refractivity contribution in [2.75, 3.05) is 6.54 Å². The lowest BCUT2D eigenvalue weighted by molar-refractivity contribution is -0.187. The maximum atomic E-state index is 12.7. The summed E-state index contributed by atoms with van der Waals surface area (Å²) in [6.07, 6.45) is -1.53. The minimum absolute atomic E-state index is 0.00329. The second kappa shape index (κ2) is 5.40. The third-order valence-corrected chi connectivity index (χ3v) is 4.00. The molecule has 3 nitrogen and oxygen atoms in total. The summed E-state index contributed by atoms with van der Waals surface area (Å²) in [6.45, 7) is -0.00329. The quantitative estimate of drug-likeness (QED) is 0.743. The van der Waals surface area contributed by atoms with Gasteiger partial charge in [0.25, 0.3) is 0 Å². The van der Waals surface area contributed by atoms with Crippen LogP contribution in [-0.4, -0.2) is 29.6 Å². The number of nitriles is 1. The predicted molar refractivity (Wildman–Crippen MR) is 61.9 cm³/mol. The second-order valence-corrected chi connectivity index (χ2v) is 5.46. The summed E-state index contributed by atoms with van der Waals surface area (Å²) in [7, 11) is 0. The Morgan fingerprint density at radius 3 is 2.47 bits per heavy atom. The minimum atomic E-state index is -4.21. The van der Waals surface area contributed by atoms with Gasteiger partial charge in [0.05, 0.1) is 12.0 Å². The zero-order valence-electron chi connectivity index (χ0n) is 10.6. The van der Waals surface area contributed by atoms with E-state index in [1.54, 1.807) is 0 Å². The molecule has 2 aliphatic carbocycles. The Kier molecular flexibility index (Phi) is 4.02. The molecule has 0 aromatic heterocycles. The normalized spacial score (nSPS) is 27.7. The van der Waals surface area contributed by atoms with Crippen LogP contribution in [-0.2, 0) is 4.79 Å². The molecule has 0 bridgehead atoms. The second-order valence-electron chi connectivity index (χ2n) is 5.46. The molecular formula is C13H17F3N2O. The average molecular weight is 274 g/mol. The van der Waals surface area contributed by atoms with E-state index in [2.05, 4.69) is 0 Å². The van der Waals surface area contributed by atoms with Gasteiger partial charge in [-0.3, -0.25) is 4.79 Å². The van der Waals surface area contributed by atoms with E-state index in [1.807, 2.05) is 6.07 Å². The van der Waals surface area contributed by atoms with Crippen molar-refractivity contribution in [2.45, 2.75) is 50.7 Å². The summed E-state index contributed by atoms with van der Waals surface area (Å²) in [5.74, 6) is -2.18. The SMILES string of the molecule is N#CCN(C(=O)[C@H]1CCC[C@H](C(F)(F)F)C1)C1CC1. The lowest BCUT2D eigenvalue weighted by Gasteiger charge is -2.32. The van der Waals surface area contributed by atoms with Crippen LogP contribution in [0.15, 0.2) is 0 Å². The predicted octanol–water partition coefficient (Wildman–Crippen LogP) is 2.87. The lowest BCUT2D eigenvalue weighted by Crippen LogP contribution is -2.41. The largest absolute Gasteiger partial charge is 0.391 e. The van der Waals surface area contributed by atoms with Crippen LogP contribution in [0.4, 0.5) is 13.2 Å². The van der Waals surface area contributed by atoms with E-state index in [4.69, 9.17) is 5.26 Å². The van der Waals surface area contributed by atoms with Crippen LogP contribution < -0.4 is 0 Å². The summed E-state index contributed by atoms with van der Waals surface area (Å²) in [6, 6.07) is 2.02. The molecule has 0 aliphatic heterocycles. The molecule has 0 saturated heterocycles. The molecule has 0 aromatic rings. The summed E-state index contributed by atoms with van der Waals surface area (Å²) < 4.78 is 38.2. The molecule has 0 unspecified atom stereocenters. The van der Waals surface area contributed by atoms with Crippen LogP contribution >= 0.6 is 0 Å². The van der Waals surface area contributed by atoms with Crippen molar-refractivity contribution in [3.63, 3.8) is 0 Å². The number of halogens is 3. The molecule has 0 N–H and O–H groups in total. The topological polar surface area (TPSA) is 44.1 Å². The highest BCUT2D eigenvalue weighted by atomic mass is 19.4. The van der Waals surface area contributed by atoms with Crippen molar-refractivity contribution in [3.05, 3.63) is 0 Å². The van der Waals surface area contributed by atoms with E-state index in [-0.39, 0.29) is 31.3 Å². The van der Waals surface area contributed by atoms with Gasteiger partial charge in [-0.05, 0) is 32.1 Å². The van der Waals surface area contributed by atoms with Crippen LogP contribution in [0.5, 0.6) is 0 Å². The third-order valence-electron chi connectivity index (χ3n) is 4.00. The van der Waals surface area contributed by atoms with Gasteiger partial charge in [0.1, 0.15) is 6.54 Å². The molecule has 2 fully saturated rings. The first-order valence-electron chi connectivity index (χ1n) is 6.67. The fourth-order valence-corrected chi connectivity index (χ4v) is 2.80. The molecular weight excluding hydrogens is 257 g/mol. The first-order chi connectivity index (χ1) is 8.93. The molecule has 2 rings (SSSR count). The Labute approximate surface area is 110 Å². The van der Waals surface area contributed by atoms with Crippen molar-refractivity contribution < 1.29 is 18.0 Å². The average Bonchev–Trinajstić information content (AvgIpc) is 3.18. The van der Waals surface area contributed by atoms with E-state index < -0.39 is 18.0 Å². The monoisotopic (exact) mass is 274 g/mol. The molecule has 0 heterocycles. The fraction of sp³-hybridized carbons (Fsp3) is 0.846. The molecule has 0 radical (unpaired) electrons. The molecule has 0 spiro atoms. The molecule has 19 heavy (non-hydrogen) atoms. The maximum Gasteiger partial charge on any atom is 0.391 e. The number of hydrogen-bond donors (Lipinski definition) is 0. The van der Waals surface area contributed by atoms with E-state index in [1.165, 1.54) is 4.90 Å². The minimum Gasteiger partial charge on any atom is -0.326 e. The van der Waals surface area contributed by atoms with Crippen LogP contribution in [0.25, 0.3) is 0 Å². The highest BCUT2D eigenvalue weighted by Gasteiger charge is 2.45. The van der Waals surface area contributed by atoms with Crippen LogP contribution in [0.3, 0.4) is 0 Å². The van der Waals surface area contributed by atoms with Crippen LogP contribution in [0, 0.1) is 23.2 Å². The number of carbonyl (C=O) groups excluding carboxylic acids is 1. The smallest absolute Gasteiger partial charge is 0.326 e. The van der Waals surface area contributed by atoms with Gasteiger partial charge in [0.2, 0.25) is 5.91 Å². The molecule has 2 aliphatic rings. The standard InChI is InChI=1S/C13H17F3N2O/c14-13(15,16)10-3-1-2-9(8-10)12(19)18(7-6-17)11-4-5-11/h9-11H,1-5,7-8H2/t9-,10-/m0/s1. The lowest BCUT2D eigenvalue weighted by atomic mass is 9.80. The number of hydrogen-bond acceptors (Lipinski definition) is 2. The first-order valence-corrected chi connectivity index (χ1v) is 6.67. The number of nitrogens with zero attached hydrogens (tertiary/aromatic N) is 2. The van der Waals surface area contributed by atoms with Gasteiger partial charge in [-0.1, -0.05) is 6.42 Å². The molecule has 2 saturated carbocycles. The summed E-state index contributed by atoms with van der Waals surface area (Å²) in [4.78, 5) is 13.7. The zero-order valence-corrected chi connectivity index (χ0v) is 10.6. The number of rotatable bonds is 3. The molecule has 106 valence electrons. The van der Waals surface area contributed by atoms with E-state index in [0.717, 1.165) is 12.8 Å². The van der Waals surface area contributed by atoms with Gasteiger partial charge < -0.3 is 4.90 Å². The van der Waals surface area contributed by atoms with Gasteiger partial charge in [0, 0.05) is 12.0 Å². The van der Waals surface area contributed by atoms with Crippen molar-refractivity contribution in [1.29, 1.82) is 5.26 Å². The van der Waals surface area contributed by atoms with Crippen LogP contribution in [0.2, 0.25) is 0 Å². The van der Waals surface area contributed by atoms with Crippen molar-refractivity contribution in [1.82, 2.24) is 4.90 Å². The Morgan fingerprint density at radius 2 is 1.95 bits per heavy atom. The van der Waals surface area contributed by atoms with Crippen molar-refractivity contribution in [3.8, 4) is 6.07 Å². The third kappa shape index (κ3) is 3.40. The van der Waals surface area contributed by atoms with Gasteiger partial charge in [0.15, 0.2) is 0 Å². The van der Waals surface area contributed by atoms with Gasteiger partial charge in [-0.25, -0.2) is 0 Å². The van der Waals surface area contributed by atoms with E-state index >= 15 is 0 Å². The van der Waals surface area contributed by atoms with Gasteiger partial charge >= 0.3 is 6.18 Å². The van der Waals surface area contributed by atoms with Crippen molar-refractivity contribution in [2.24, 2.45) is 11.8 Å². The Balaban J connectivity index is 2.00. The molecule has 1 amide bonds. The van der Waals surface area contributed by atoms with E-state index in [0.29, 0.717) is 12.8 Å². The Bertz CT molecular complexity index is 384. The molecule has 6 heteroatoms. The van der Waals surface area contributed by atoms with Crippen LogP contribution in [0.1, 0.15) is 38.5 Å². The highest BCUT2D eigenvalue weighted by molar-refractivity contribution is 5.79. The molecule has 2 atom stereocenters. The number of carbonyl (C=O) groups is 1. The first kappa shape index (κ1) is 14.2. The van der Waals surface area contributed by atoms with Gasteiger partial charge in [-0.15, -0.1) is 0 Å². The zero-order chi connectivity index (χ0) is 14.0. The van der Waals surface area contributed by atoms with E-state index in [9.17, 15) is 18.0 Å². The Hall–Kier alpha value is -1.25. The summed E-state index contributed by atoms with van der Waals surface area (Å²) in [5, 5.41) is 8.72. The fourth-order valence-electron chi connectivity index (χ4n) is 2.80. The summed E-state index contributed by atoms with van der Waals surface area (Å²) >= 11 is 0. The highest BCUT2D eigenvalue weighted by Crippen LogP contribution is 2.41. The maximum absolute atomic E-state index is 12.7. The van der Waals surface area contributed by atoms with Crippen molar-refractivity contribution >= 4 is 5.91 Å². The van der Waals surface area contributed by atoms with Gasteiger partial charge in [-0.2, -0.15) is 18.4 Å². The summed E-state index contributed by atoms with van der Waals surface area (Å²) in [5.41, 5.74) is 0. The Morgan fingerprint density at radius 1 is 1.26 bits per heavy atom. The number of amides is 1.